The monoisotopic (exact) mass is 382 g/mol. The fourth-order valence-electron chi connectivity index (χ4n) is 2.34. The normalized spacial score (nSPS) is 13.8. The molecule has 7 nitrogen and oxygen atoms in total. The van der Waals surface area contributed by atoms with E-state index in [1.807, 2.05) is 4.72 Å². The first-order chi connectivity index (χ1) is 12.3. The predicted octanol–water partition coefficient (Wildman–Crippen LogP) is 1.59. The summed E-state index contributed by atoms with van der Waals surface area (Å²) in [6.07, 6.45) is -2.26. The molecule has 0 amide bonds. The molecule has 0 saturated heterocycles. The van der Waals surface area contributed by atoms with Crippen molar-refractivity contribution in [3.8, 4) is 0 Å². The van der Waals surface area contributed by atoms with Gasteiger partial charge in [0.15, 0.2) is 6.10 Å². The van der Waals surface area contributed by atoms with Gasteiger partial charge in [0.2, 0.25) is 0 Å². The largest absolute Gasteiger partial charge is 0.454 e. The van der Waals surface area contributed by atoms with E-state index in [9.17, 15) is 17.6 Å². The van der Waals surface area contributed by atoms with Crippen molar-refractivity contribution >= 4 is 16.2 Å². The fourth-order valence-corrected chi connectivity index (χ4v) is 2.73. The highest BCUT2D eigenvalue weighted by Crippen LogP contribution is 2.25. The van der Waals surface area contributed by atoms with Crippen molar-refractivity contribution in [3.63, 3.8) is 0 Å². The summed E-state index contributed by atoms with van der Waals surface area (Å²) >= 11 is 0. The van der Waals surface area contributed by atoms with Gasteiger partial charge in [-0.2, -0.15) is 13.1 Å². The molecule has 0 heterocycles. The van der Waals surface area contributed by atoms with Crippen molar-refractivity contribution in [1.29, 1.82) is 0 Å². The Morgan fingerprint density at radius 2 is 1.77 bits per heavy atom. The van der Waals surface area contributed by atoms with Gasteiger partial charge in [-0.25, -0.2) is 14.3 Å². The molecule has 2 aromatic carbocycles. The van der Waals surface area contributed by atoms with Crippen LogP contribution in [0.5, 0.6) is 0 Å². The van der Waals surface area contributed by atoms with Crippen LogP contribution in [0, 0.1) is 5.82 Å². The zero-order valence-electron chi connectivity index (χ0n) is 14.0. The lowest BCUT2D eigenvalue weighted by molar-refractivity contribution is -0.161. The van der Waals surface area contributed by atoms with E-state index in [0.717, 1.165) is 0 Å². The van der Waals surface area contributed by atoms with Gasteiger partial charge in [0.1, 0.15) is 11.9 Å². The molecule has 9 heteroatoms. The van der Waals surface area contributed by atoms with Gasteiger partial charge in [-0.1, -0.05) is 48.5 Å². The van der Waals surface area contributed by atoms with E-state index in [1.54, 1.807) is 36.4 Å². The standard InChI is InChI=1S/C17H19FN2O5S/c1-24-16(12-7-3-2-4-8-12)17(21)25-15(11-20-26(19,22)23)13-9-5-6-10-14(13)18/h2-10,15-16,20H,11H2,1H3,(H2,19,22,23)/t15-,16+/m1/s1. The van der Waals surface area contributed by atoms with E-state index in [4.69, 9.17) is 14.6 Å². The van der Waals surface area contributed by atoms with Crippen molar-refractivity contribution in [2.45, 2.75) is 12.2 Å². The average Bonchev–Trinajstić information content (AvgIpc) is 2.60. The van der Waals surface area contributed by atoms with E-state index in [0.29, 0.717) is 5.56 Å². The molecule has 2 aromatic rings. The lowest BCUT2D eigenvalue weighted by atomic mass is 10.1. The number of esters is 1. The molecule has 0 radical (unpaired) electrons. The molecule has 2 atom stereocenters. The Labute approximate surface area is 151 Å². The highest BCUT2D eigenvalue weighted by atomic mass is 32.2. The van der Waals surface area contributed by atoms with Crippen molar-refractivity contribution in [2.75, 3.05) is 13.7 Å². The Bertz CT molecular complexity index is 845. The molecule has 0 bridgehead atoms. The third-order valence-electron chi connectivity index (χ3n) is 3.53. The van der Waals surface area contributed by atoms with Crippen LogP contribution < -0.4 is 9.86 Å². The molecule has 0 aliphatic heterocycles. The molecule has 0 spiro atoms. The minimum Gasteiger partial charge on any atom is -0.454 e. The number of rotatable bonds is 8. The zero-order valence-corrected chi connectivity index (χ0v) is 14.8. The minimum absolute atomic E-state index is 0.0138. The topological polar surface area (TPSA) is 108 Å². The maximum Gasteiger partial charge on any atom is 0.340 e. The quantitative estimate of drug-likeness (QED) is 0.674. The van der Waals surface area contributed by atoms with Crippen molar-refractivity contribution in [2.24, 2.45) is 5.14 Å². The van der Waals surface area contributed by atoms with Crippen LogP contribution in [0.4, 0.5) is 4.39 Å². The van der Waals surface area contributed by atoms with E-state index in [1.165, 1.54) is 25.3 Å². The Morgan fingerprint density at radius 3 is 2.35 bits per heavy atom. The Hall–Kier alpha value is -2.33. The number of benzene rings is 2. The predicted molar refractivity (Wildman–Crippen MR) is 92.5 cm³/mol. The molecular weight excluding hydrogens is 363 g/mol. The van der Waals surface area contributed by atoms with Crippen LogP contribution in [0.1, 0.15) is 23.3 Å². The van der Waals surface area contributed by atoms with E-state index in [2.05, 4.69) is 0 Å². The minimum atomic E-state index is -4.05. The number of hydrogen-bond acceptors (Lipinski definition) is 5. The summed E-state index contributed by atoms with van der Waals surface area (Å²) in [7, 11) is -2.72. The number of halogens is 1. The fraction of sp³-hybridized carbons (Fsp3) is 0.235. The summed E-state index contributed by atoms with van der Waals surface area (Å²) in [5, 5.41) is 4.91. The highest BCUT2D eigenvalue weighted by molar-refractivity contribution is 7.87. The van der Waals surface area contributed by atoms with E-state index >= 15 is 0 Å². The molecule has 2 rings (SSSR count). The van der Waals surface area contributed by atoms with Gasteiger partial charge in [-0.3, -0.25) is 0 Å². The van der Waals surface area contributed by atoms with Crippen molar-refractivity contribution < 1.29 is 27.1 Å². The van der Waals surface area contributed by atoms with Crippen molar-refractivity contribution in [1.82, 2.24) is 4.72 Å². The maximum atomic E-state index is 14.1. The summed E-state index contributed by atoms with van der Waals surface area (Å²) in [6, 6.07) is 14.2. The first-order valence-electron chi connectivity index (χ1n) is 7.62. The third kappa shape index (κ3) is 5.60. The van der Waals surface area contributed by atoms with Crippen molar-refractivity contribution in [3.05, 3.63) is 71.5 Å². The lowest BCUT2D eigenvalue weighted by Crippen LogP contribution is -2.36. The first kappa shape index (κ1) is 20.0. The number of carbonyl (C=O) groups excluding carboxylic acids is 1. The van der Waals surface area contributed by atoms with Gasteiger partial charge < -0.3 is 9.47 Å². The molecular formula is C17H19FN2O5S. The molecule has 0 aliphatic rings. The van der Waals surface area contributed by atoms with Crippen LogP contribution in [-0.4, -0.2) is 28.0 Å². The second-order valence-electron chi connectivity index (χ2n) is 5.37. The third-order valence-corrected chi connectivity index (χ3v) is 4.10. The van der Waals surface area contributed by atoms with Crippen LogP contribution in [0.3, 0.4) is 0 Å². The van der Waals surface area contributed by atoms with Gasteiger partial charge in [0.25, 0.3) is 10.2 Å². The molecule has 140 valence electrons. The molecule has 0 aliphatic carbocycles. The number of nitrogens with two attached hydrogens (primary N) is 1. The van der Waals surface area contributed by atoms with E-state index in [-0.39, 0.29) is 5.56 Å². The molecule has 0 unspecified atom stereocenters. The molecule has 3 N–H and O–H groups in total. The highest BCUT2D eigenvalue weighted by Gasteiger charge is 2.27. The van der Waals surface area contributed by atoms with Gasteiger partial charge in [0.05, 0.1) is 6.54 Å². The zero-order chi connectivity index (χ0) is 19.2. The van der Waals surface area contributed by atoms with E-state index < -0.39 is 40.7 Å². The molecule has 0 aromatic heterocycles. The number of methoxy groups -OCH3 is 1. The first-order valence-corrected chi connectivity index (χ1v) is 9.16. The van der Waals surface area contributed by atoms with Crippen LogP contribution in [0.2, 0.25) is 0 Å². The van der Waals surface area contributed by atoms with Crippen LogP contribution in [0.25, 0.3) is 0 Å². The summed E-state index contributed by atoms with van der Waals surface area (Å²) in [5.41, 5.74) is 0.562. The lowest BCUT2D eigenvalue weighted by Gasteiger charge is -2.22. The summed E-state index contributed by atoms with van der Waals surface area (Å²) in [6.45, 7) is -0.420. The molecule has 0 saturated carbocycles. The van der Waals surface area contributed by atoms with Crippen LogP contribution in [0.15, 0.2) is 54.6 Å². The second-order valence-corrected chi connectivity index (χ2v) is 6.75. The smallest absolute Gasteiger partial charge is 0.340 e. The summed E-state index contributed by atoms with van der Waals surface area (Å²) in [5.74, 6) is -1.43. The maximum absolute atomic E-state index is 14.1. The van der Waals surface area contributed by atoms with Gasteiger partial charge >= 0.3 is 5.97 Å². The molecule has 26 heavy (non-hydrogen) atoms. The van der Waals surface area contributed by atoms with Crippen LogP contribution in [-0.2, 0) is 24.5 Å². The summed E-state index contributed by atoms with van der Waals surface area (Å²) in [4.78, 5) is 12.5. The molecule has 0 fully saturated rings. The van der Waals surface area contributed by atoms with Gasteiger partial charge in [0, 0.05) is 12.7 Å². The van der Waals surface area contributed by atoms with Crippen LogP contribution >= 0.6 is 0 Å². The number of hydrogen-bond donors (Lipinski definition) is 2. The Morgan fingerprint density at radius 1 is 1.15 bits per heavy atom. The number of ether oxygens (including phenoxy) is 2. The Balaban J connectivity index is 2.25. The second kappa shape index (κ2) is 8.86. The SMILES string of the molecule is CO[C@H](C(=O)O[C@H](CNS(N)(=O)=O)c1ccccc1F)c1ccccc1. The number of carbonyl (C=O) groups is 1. The Kier molecular flexibility index (Phi) is 6.81. The average molecular weight is 382 g/mol. The van der Waals surface area contributed by atoms with Gasteiger partial charge in [-0.15, -0.1) is 0 Å². The number of nitrogens with one attached hydrogen (secondary N) is 1. The van der Waals surface area contributed by atoms with Gasteiger partial charge in [-0.05, 0) is 11.6 Å². The summed E-state index contributed by atoms with van der Waals surface area (Å²) < 4.78 is 48.9.